The molecule has 1 aliphatic rings. The first-order valence-corrected chi connectivity index (χ1v) is 13.2. The van der Waals surface area contributed by atoms with Gasteiger partial charge in [0.25, 0.3) is 0 Å². The van der Waals surface area contributed by atoms with Gasteiger partial charge >= 0.3 is 0 Å². The Hall–Kier alpha value is -3.96. The summed E-state index contributed by atoms with van der Waals surface area (Å²) in [6.45, 7) is 8.04. The third-order valence-electron chi connectivity index (χ3n) is 5.47. The van der Waals surface area contributed by atoms with Crippen LogP contribution in [0, 0.1) is 0 Å². The van der Waals surface area contributed by atoms with E-state index in [1.54, 1.807) is 42.5 Å². The van der Waals surface area contributed by atoms with Crippen molar-refractivity contribution >= 4 is 38.7 Å². The lowest BCUT2D eigenvalue weighted by atomic mass is 10.1. The van der Waals surface area contributed by atoms with Crippen LogP contribution in [-0.2, 0) is 14.6 Å². The standard InChI is InChI=1S/C25H29N7O3S/c1-4-32(30-18(2)26)21-7-5-20(6-8-21)28-25-27-10-9-24(29-25)19-15-22(31-11-13-35-14-12-31)17-23(16-19)36(3,33)34/h4-10,15-17H,1,11-14H2,2-3H3,(H2,26,30)(H,27,28,29). The number of benzene rings is 2. The van der Waals surface area contributed by atoms with Crippen molar-refractivity contribution in [2.45, 2.75) is 11.8 Å². The zero-order valence-electron chi connectivity index (χ0n) is 20.3. The Labute approximate surface area is 211 Å². The predicted octanol–water partition coefficient (Wildman–Crippen LogP) is 3.37. The number of rotatable bonds is 8. The lowest BCUT2D eigenvalue weighted by Crippen LogP contribution is -2.36. The van der Waals surface area contributed by atoms with Crippen molar-refractivity contribution in [3.05, 3.63) is 67.5 Å². The summed E-state index contributed by atoms with van der Waals surface area (Å²) >= 11 is 0. The Morgan fingerprint density at radius 2 is 1.92 bits per heavy atom. The first kappa shape index (κ1) is 25.1. The van der Waals surface area contributed by atoms with E-state index in [2.05, 4.69) is 31.9 Å². The molecule has 2 aromatic carbocycles. The van der Waals surface area contributed by atoms with Gasteiger partial charge in [0.2, 0.25) is 5.95 Å². The molecule has 2 heterocycles. The molecule has 10 nitrogen and oxygen atoms in total. The number of hydrogen-bond donors (Lipinski definition) is 2. The van der Waals surface area contributed by atoms with Crippen molar-refractivity contribution in [2.24, 2.45) is 10.8 Å². The lowest BCUT2D eigenvalue weighted by molar-refractivity contribution is 0.122. The number of amidine groups is 1. The fourth-order valence-corrected chi connectivity index (χ4v) is 4.41. The molecule has 1 aromatic heterocycles. The van der Waals surface area contributed by atoms with E-state index in [9.17, 15) is 8.42 Å². The van der Waals surface area contributed by atoms with Crippen LogP contribution in [0.15, 0.2) is 77.5 Å². The number of ether oxygens (including phenoxy) is 1. The van der Waals surface area contributed by atoms with E-state index >= 15 is 0 Å². The summed E-state index contributed by atoms with van der Waals surface area (Å²) in [6.07, 6.45) is 4.42. The summed E-state index contributed by atoms with van der Waals surface area (Å²) in [7, 11) is -3.42. The van der Waals surface area contributed by atoms with Crippen LogP contribution in [0.25, 0.3) is 11.3 Å². The molecule has 0 aliphatic carbocycles. The summed E-state index contributed by atoms with van der Waals surface area (Å²) in [5.41, 5.74) is 9.36. The van der Waals surface area contributed by atoms with Crippen molar-refractivity contribution in [1.82, 2.24) is 9.97 Å². The fraction of sp³-hybridized carbons (Fsp3) is 0.240. The highest BCUT2D eigenvalue weighted by Gasteiger charge is 2.17. The van der Waals surface area contributed by atoms with E-state index in [4.69, 9.17) is 10.5 Å². The van der Waals surface area contributed by atoms with Gasteiger partial charge < -0.3 is 20.7 Å². The van der Waals surface area contributed by atoms with Crippen LogP contribution in [0.3, 0.4) is 0 Å². The Morgan fingerprint density at radius 1 is 1.19 bits per heavy atom. The molecule has 3 N–H and O–H groups in total. The zero-order valence-corrected chi connectivity index (χ0v) is 21.1. The lowest BCUT2D eigenvalue weighted by Gasteiger charge is -2.29. The predicted molar refractivity (Wildman–Crippen MR) is 143 cm³/mol. The summed E-state index contributed by atoms with van der Waals surface area (Å²) in [5, 5.41) is 8.97. The normalized spacial score (nSPS) is 14.4. The average molecular weight is 508 g/mol. The van der Waals surface area contributed by atoms with E-state index in [1.165, 1.54) is 6.26 Å². The molecule has 1 fully saturated rings. The molecule has 0 saturated carbocycles. The Kier molecular flexibility index (Phi) is 7.51. The topological polar surface area (TPSA) is 126 Å². The van der Waals surface area contributed by atoms with Gasteiger partial charge in [-0.15, -0.1) is 0 Å². The Morgan fingerprint density at radius 3 is 2.56 bits per heavy atom. The van der Waals surface area contributed by atoms with Crippen LogP contribution >= 0.6 is 0 Å². The Bertz CT molecular complexity index is 1360. The van der Waals surface area contributed by atoms with Crippen molar-refractivity contribution in [3.8, 4) is 11.3 Å². The van der Waals surface area contributed by atoms with Gasteiger partial charge in [0.15, 0.2) is 9.84 Å². The fourth-order valence-electron chi connectivity index (χ4n) is 3.73. The first-order chi connectivity index (χ1) is 17.2. The molecule has 11 heteroatoms. The van der Waals surface area contributed by atoms with Crippen LogP contribution in [-0.4, -0.2) is 56.8 Å². The minimum atomic E-state index is -3.42. The maximum Gasteiger partial charge on any atom is 0.227 e. The molecule has 0 unspecified atom stereocenters. The van der Waals surface area contributed by atoms with Gasteiger partial charge in [-0.25, -0.2) is 23.4 Å². The zero-order chi connectivity index (χ0) is 25.7. The van der Waals surface area contributed by atoms with Crippen molar-refractivity contribution in [1.29, 1.82) is 0 Å². The number of sulfone groups is 1. The first-order valence-electron chi connectivity index (χ1n) is 11.3. The second-order valence-electron chi connectivity index (χ2n) is 8.29. The monoisotopic (exact) mass is 507 g/mol. The Balaban J connectivity index is 1.61. The van der Waals surface area contributed by atoms with Gasteiger partial charge in [0.05, 0.1) is 29.5 Å². The van der Waals surface area contributed by atoms with Crippen molar-refractivity contribution in [2.75, 3.05) is 47.8 Å². The molecule has 0 spiro atoms. The summed E-state index contributed by atoms with van der Waals surface area (Å²) in [6, 6.07) is 14.5. The number of morpholine rings is 1. The number of hydrogen-bond acceptors (Lipinski definition) is 9. The van der Waals surface area contributed by atoms with E-state index in [-0.39, 0.29) is 4.90 Å². The van der Waals surface area contributed by atoms with Crippen LogP contribution in [0.1, 0.15) is 6.92 Å². The molecule has 0 amide bonds. The van der Waals surface area contributed by atoms with E-state index in [0.717, 1.165) is 17.1 Å². The minimum absolute atomic E-state index is 0.243. The SMILES string of the molecule is C=CN(/N=C(/C)N)c1ccc(Nc2nccc(-c3cc(N4CCOCC4)cc(S(C)(=O)=O)c3)n2)cc1. The molecule has 36 heavy (non-hydrogen) atoms. The second kappa shape index (κ2) is 10.8. The average Bonchev–Trinajstić information content (AvgIpc) is 2.87. The van der Waals surface area contributed by atoms with Crippen LogP contribution in [0.5, 0.6) is 0 Å². The third-order valence-corrected chi connectivity index (χ3v) is 6.57. The second-order valence-corrected chi connectivity index (χ2v) is 10.3. The van der Waals surface area contributed by atoms with Gasteiger partial charge in [-0.2, -0.15) is 5.10 Å². The highest BCUT2D eigenvalue weighted by molar-refractivity contribution is 7.90. The summed E-state index contributed by atoms with van der Waals surface area (Å²) < 4.78 is 30.2. The molecule has 4 rings (SSSR count). The number of nitrogens with one attached hydrogen (secondary N) is 1. The number of nitrogens with two attached hydrogens (primary N) is 1. The van der Waals surface area contributed by atoms with Gasteiger partial charge in [-0.1, -0.05) is 6.58 Å². The number of anilines is 4. The molecule has 0 radical (unpaired) electrons. The van der Waals surface area contributed by atoms with Gasteiger partial charge in [0, 0.05) is 48.7 Å². The molecular formula is C25H29N7O3S. The molecule has 0 bridgehead atoms. The third kappa shape index (κ3) is 6.18. The highest BCUT2D eigenvalue weighted by Crippen LogP contribution is 2.29. The highest BCUT2D eigenvalue weighted by atomic mass is 32.2. The van der Waals surface area contributed by atoms with Crippen LogP contribution in [0.2, 0.25) is 0 Å². The molecule has 188 valence electrons. The van der Waals surface area contributed by atoms with Gasteiger partial charge in [-0.3, -0.25) is 0 Å². The molecule has 0 atom stereocenters. The van der Waals surface area contributed by atoms with Crippen molar-refractivity contribution < 1.29 is 13.2 Å². The summed E-state index contributed by atoms with van der Waals surface area (Å²) in [5.74, 6) is 0.799. The summed E-state index contributed by atoms with van der Waals surface area (Å²) in [4.78, 5) is 11.3. The molecular weight excluding hydrogens is 478 g/mol. The van der Waals surface area contributed by atoms with E-state index in [1.807, 2.05) is 30.3 Å². The maximum absolute atomic E-state index is 12.4. The molecule has 3 aromatic rings. The minimum Gasteiger partial charge on any atom is -0.386 e. The quantitative estimate of drug-likeness (QED) is 0.268. The number of aromatic nitrogens is 2. The van der Waals surface area contributed by atoms with Crippen LogP contribution < -0.4 is 21.0 Å². The maximum atomic E-state index is 12.4. The number of nitrogens with zero attached hydrogens (tertiary/aromatic N) is 5. The number of hydrazone groups is 1. The molecule has 1 saturated heterocycles. The smallest absolute Gasteiger partial charge is 0.227 e. The molecule has 1 aliphatic heterocycles. The van der Waals surface area contributed by atoms with Crippen LogP contribution in [0.4, 0.5) is 23.0 Å². The van der Waals surface area contributed by atoms with E-state index < -0.39 is 9.84 Å². The van der Waals surface area contributed by atoms with Gasteiger partial charge in [0.1, 0.15) is 5.84 Å². The van der Waals surface area contributed by atoms with Crippen molar-refractivity contribution in [3.63, 3.8) is 0 Å². The largest absolute Gasteiger partial charge is 0.386 e. The van der Waals surface area contributed by atoms with Gasteiger partial charge in [-0.05, 0) is 55.5 Å². The van der Waals surface area contributed by atoms with E-state index in [0.29, 0.717) is 49.3 Å².